The highest BCUT2D eigenvalue weighted by molar-refractivity contribution is 5.69. The van der Waals surface area contributed by atoms with Crippen LogP contribution < -0.4 is 0 Å². The van der Waals surface area contributed by atoms with Crippen LogP contribution in [0.1, 0.15) is 37.0 Å². The SMILES string of the molecule is CCOC(=O)CCC(O)c1ccc(C)cc1. The van der Waals surface area contributed by atoms with Gasteiger partial charge in [-0.05, 0) is 25.8 Å². The average Bonchev–Trinajstić information content (AvgIpc) is 2.27. The molecule has 0 bridgehead atoms. The van der Waals surface area contributed by atoms with Gasteiger partial charge in [0.25, 0.3) is 0 Å². The Bertz CT molecular complexity index is 330. The number of aliphatic hydroxyl groups excluding tert-OH is 1. The van der Waals surface area contributed by atoms with Gasteiger partial charge in [0.05, 0.1) is 12.7 Å². The van der Waals surface area contributed by atoms with E-state index in [0.29, 0.717) is 13.0 Å². The fraction of sp³-hybridized carbons (Fsp3) is 0.462. The van der Waals surface area contributed by atoms with Crippen LogP contribution in [0.5, 0.6) is 0 Å². The standard InChI is InChI=1S/C13H18O3/c1-3-16-13(15)9-8-12(14)11-6-4-10(2)5-7-11/h4-7,12,14H,3,8-9H2,1-2H3. The first-order chi connectivity index (χ1) is 7.63. The van der Waals surface area contributed by atoms with Crippen molar-refractivity contribution in [3.8, 4) is 0 Å². The summed E-state index contributed by atoms with van der Waals surface area (Å²) in [6.45, 7) is 4.16. The normalized spacial score (nSPS) is 12.2. The number of rotatable bonds is 5. The van der Waals surface area contributed by atoms with Crippen molar-refractivity contribution in [3.05, 3.63) is 35.4 Å². The van der Waals surface area contributed by atoms with E-state index in [1.54, 1.807) is 6.92 Å². The Hall–Kier alpha value is -1.35. The van der Waals surface area contributed by atoms with E-state index in [4.69, 9.17) is 4.74 Å². The Morgan fingerprint density at radius 3 is 2.56 bits per heavy atom. The van der Waals surface area contributed by atoms with Crippen LogP contribution in [0, 0.1) is 6.92 Å². The van der Waals surface area contributed by atoms with Crippen LogP contribution in [0.3, 0.4) is 0 Å². The first-order valence-corrected chi connectivity index (χ1v) is 5.53. The molecule has 0 saturated heterocycles. The smallest absolute Gasteiger partial charge is 0.305 e. The molecular formula is C13H18O3. The van der Waals surface area contributed by atoms with Crippen molar-refractivity contribution >= 4 is 5.97 Å². The summed E-state index contributed by atoms with van der Waals surface area (Å²) in [7, 11) is 0. The average molecular weight is 222 g/mol. The van der Waals surface area contributed by atoms with Gasteiger partial charge in [-0.25, -0.2) is 0 Å². The van der Waals surface area contributed by atoms with Gasteiger partial charge in [0.15, 0.2) is 0 Å². The number of hydrogen-bond acceptors (Lipinski definition) is 3. The highest BCUT2D eigenvalue weighted by Gasteiger charge is 2.10. The molecule has 1 rings (SSSR count). The largest absolute Gasteiger partial charge is 0.466 e. The predicted octanol–water partition coefficient (Wildman–Crippen LogP) is 2.37. The Balaban J connectivity index is 2.43. The Labute approximate surface area is 96.1 Å². The zero-order chi connectivity index (χ0) is 12.0. The van der Waals surface area contributed by atoms with E-state index < -0.39 is 6.10 Å². The first-order valence-electron chi connectivity index (χ1n) is 5.53. The van der Waals surface area contributed by atoms with Gasteiger partial charge in [0, 0.05) is 6.42 Å². The van der Waals surface area contributed by atoms with Gasteiger partial charge in [-0.2, -0.15) is 0 Å². The predicted molar refractivity (Wildman–Crippen MR) is 62.0 cm³/mol. The third-order valence-electron chi connectivity index (χ3n) is 2.39. The van der Waals surface area contributed by atoms with Crippen molar-refractivity contribution in [2.45, 2.75) is 32.8 Å². The lowest BCUT2D eigenvalue weighted by molar-refractivity contribution is -0.143. The molecule has 0 fully saturated rings. The summed E-state index contributed by atoms with van der Waals surface area (Å²) < 4.78 is 4.80. The minimum Gasteiger partial charge on any atom is -0.466 e. The molecule has 1 N–H and O–H groups in total. The van der Waals surface area contributed by atoms with Crippen molar-refractivity contribution in [2.75, 3.05) is 6.61 Å². The summed E-state index contributed by atoms with van der Waals surface area (Å²) in [5.74, 6) is -0.256. The molecule has 0 aliphatic rings. The van der Waals surface area contributed by atoms with Gasteiger partial charge in [0.2, 0.25) is 0 Å². The topological polar surface area (TPSA) is 46.5 Å². The minimum atomic E-state index is -0.593. The first kappa shape index (κ1) is 12.7. The molecule has 0 amide bonds. The molecule has 0 aromatic heterocycles. The molecule has 0 heterocycles. The van der Waals surface area contributed by atoms with E-state index in [0.717, 1.165) is 11.1 Å². The second kappa shape index (κ2) is 6.28. The summed E-state index contributed by atoms with van der Waals surface area (Å²) in [6.07, 6.45) is 0.0649. The molecular weight excluding hydrogens is 204 g/mol. The van der Waals surface area contributed by atoms with Crippen molar-refractivity contribution in [1.29, 1.82) is 0 Å². The van der Waals surface area contributed by atoms with Crippen LogP contribution in [-0.2, 0) is 9.53 Å². The number of carbonyl (C=O) groups excluding carboxylic acids is 1. The summed E-state index contributed by atoms with van der Waals surface area (Å²) >= 11 is 0. The second-order valence-electron chi connectivity index (χ2n) is 3.77. The third-order valence-corrected chi connectivity index (χ3v) is 2.39. The molecule has 3 heteroatoms. The van der Waals surface area contributed by atoms with E-state index in [2.05, 4.69) is 0 Å². The molecule has 1 atom stereocenters. The lowest BCUT2D eigenvalue weighted by Crippen LogP contribution is -2.07. The summed E-state index contributed by atoms with van der Waals surface area (Å²) in [4.78, 5) is 11.1. The molecule has 0 saturated carbocycles. The van der Waals surface area contributed by atoms with Gasteiger partial charge < -0.3 is 9.84 Å². The van der Waals surface area contributed by atoms with E-state index >= 15 is 0 Å². The number of carbonyl (C=O) groups is 1. The van der Waals surface area contributed by atoms with E-state index in [1.807, 2.05) is 31.2 Å². The third kappa shape index (κ3) is 4.03. The summed E-state index contributed by atoms with van der Waals surface area (Å²) in [5.41, 5.74) is 2.00. The summed E-state index contributed by atoms with van der Waals surface area (Å²) in [5, 5.41) is 9.82. The van der Waals surface area contributed by atoms with Crippen LogP contribution in [0.2, 0.25) is 0 Å². The number of hydrogen-bond donors (Lipinski definition) is 1. The highest BCUT2D eigenvalue weighted by Crippen LogP contribution is 2.18. The Morgan fingerprint density at radius 1 is 1.38 bits per heavy atom. The molecule has 0 radical (unpaired) electrons. The fourth-order valence-corrected chi connectivity index (χ4v) is 1.44. The Morgan fingerprint density at radius 2 is 2.00 bits per heavy atom. The molecule has 0 aliphatic carbocycles. The van der Waals surface area contributed by atoms with Gasteiger partial charge in [-0.1, -0.05) is 29.8 Å². The van der Waals surface area contributed by atoms with Crippen LogP contribution >= 0.6 is 0 Å². The maximum atomic E-state index is 11.1. The zero-order valence-corrected chi connectivity index (χ0v) is 9.77. The van der Waals surface area contributed by atoms with Gasteiger partial charge in [0.1, 0.15) is 0 Å². The van der Waals surface area contributed by atoms with Crippen molar-refractivity contribution in [2.24, 2.45) is 0 Å². The molecule has 0 spiro atoms. The lowest BCUT2D eigenvalue weighted by atomic mass is 10.0. The fourth-order valence-electron chi connectivity index (χ4n) is 1.44. The molecule has 0 aliphatic heterocycles. The van der Waals surface area contributed by atoms with Crippen LogP contribution in [0.25, 0.3) is 0 Å². The molecule has 1 unspecified atom stereocenters. The molecule has 16 heavy (non-hydrogen) atoms. The number of esters is 1. The van der Waals surface area contributed by atoms with Crippen LogP contribution in [-0.4, -0.2) is 17.7 Å². The molecule has 1 aromatic carbocycles. The number of aryl methyl sites for hydroxylation is 1. The van der Waals surface area contributed by atoms with Crippen molar-refractivity contribution in [3.63, 3.8) is 0 Å². The van der Waals surface area contributed by atoms with Crippen molar-refractivity contribution in [1.82, 2.24) is 0 Å². The van der Waals surface area contributed by atoms with Gasteiger partial charge >= 0.3 is 5.97 Å². The Kier molecular flexibility index (Phi) is 4.99. The van der Waals surface area contributed by atoms with E-state index in [-0.39, 0.29) is 12.4 Å². The lowest BCUT2D eigenvalue weighted by Gasteiger charge is -2.10. The quantitative estimate of drug-likeness (QED) is 0.778. The second-order valence-corrected chi connectivity index (χ2v) is 3.77. The summed E-state index contributed by atoms with van der Waals surface area (Å²) in [6, 6.07) is 7.65. The van der Waals surface area contributed by atoms with Gasteiger partial charge in [-0.3, -0.25) is 4.79 Å². The number of benzene rings is 1. The molecule has 3 nitrogen and oxygen atoms in total. The monoisotopic (exact) mass is 222 g/mol. The van der Waals surface area contributed by atoms with Gasteiger partial charge in [-0.15, -0.1) is 0 Å². The molecule has 88 valence electrons. The highest BCUT2D eigenvalue weighted by atomic mass is 16.5. The maximum absolute atomic E-state index is 11.1. The minimum absolute atomic E-state index is 0.253. The van der Waals surface area contributed by atoms with E-state index in [9.17, 15) is 9.90 Å². The van der Waals surface area contributed by atoms with Crippen LogP contribution in [0.15, 0.2) is 24.3 Å². The molecule has 1 aromatic rings. The van der Waals surface area contributed by atoms with Crippen LogP contribution in [0.4, 0.5) is 0 Å². The maximum Gasteiger partial charge on any atom is 0.305 e. The number of aliphatic hydroxyl groups is 1. The van der Waals surface area contributed by atoms with E-state index in [1.165, 1.54) is 0 Å². The number of ether oxygens (including phenoxy) is 1. The van der Waals surface area contributed by atoms with Crippen molar-refractivity contribution < 1.29 is 14.6 Å². The zero-order valence-electron chi connectivity index (χ0n) is 9.77.